The maximum atomic E-state index is 11.0. The second-order valence-corrected chi connectivity index (χ2v) is 4.96. The lowest BCUT2D eigenvalue weighted by molar-refractivity contribution is 0.490. The summed E-state index contributed by atoms with van der Waals surface area (Å²) < 4.78 is 25.9. The van der Waals surface area contributed by atoms with Crippen molar-refractivity contribution in [1.82, 2.24) is 15.0 Å². The number of anilines is 1. The third-order valence-corrected chi connectivity index (χ3v) is 1.79. The monoisotopic (exact) mass is 284 g/mol. The smallest absolute Gasteiger partial charge is 0.271 e. The van der Waals surface area contributed by atoms with Gasteiger partial charge in [-0.1, -0.05) is 0 Å². The first-order valence-electron chi connectivity index (χ1n) is 4.94. The Kier molecular flexibility index (Phi) is 4.73. The largest absolute Gasteiger partial charge is 0.394 e. The molecule has 9 heteroatoms. The van der Waals surface area contributed by atoms with Crippen LogP contribution >= 0.6 is 0 Å². The van der Waals surface area contributed by atoms with Gasteiger partial charge in [-0.15, -0.1) is 0 Å². The van der Waals surface area contributed by atoms with Crippen LogP contribution in [0.4, 0.5) is 5.69 Å². The molecule has 0 aliphatic carbocycles. The highest BCUT2D eigenvalue weighted by Crippen LogP contribution is 2.13. The number of nitrogens with zero attached hydrogens (tertiary/aromatic N) is 2. The molecule has 0 aliphatic rings. The van der Waals surface area contributed by atoms with Crippen LogP contribution in [0.1, 0.15) is 0 Å². The molecule has 2 aromatic heterocycles. The number of nitrogens with one attached hydrogen (secondary N) is 1. The van der Waals surface area contributed by atoms with Crippen LogP contribution in [0.15, 0.2) is 35.6 Å². The highest BCUT2D eigenvalue weighted by Gasteiger charge is 2.01. The van der Waals surface area contributed by atoms with Crippen molar-refractivity contribution in [2.75, 3.05) is 12.0 Å². The molecule has 0 amide bonds. The molecule has 0 saturated carbocycles. The van der Waals surface area contributed by atoms with E-state index in [1.54, 1.807) is 30.9 Å². The lowest BCUT2D eigenvalue weighted by atomic mass is 10.2. The molecule has 0 aliphatic heterocycles. The minimum absolute atomic E-state index is 0.174. The fourth-order valence-electron chi connectivity index (χ4n) is 1.10. The number of aromatic nitrogens is 3. The van der Waals surface area contributed by atoms with Crippen LogP contribution in [0, 0.1) is 0 Å². The molecule has 0 unspecified atom stereocenters. The van der Waals surface area contributed by atoms with Crippen molar-refractivity contribution in [3.63, 3.8) is 0 Å². The van der Waals surface area contributed by atoms with E-state index in [1.807, 2.05) is 0 Å². The van der Waals surface area contributed by atoms with Gasteiger partial charge in [0.25, 0.3) is 15.7 Å². The highest BCUT2D eigenvalue weighted by atomic mass is 32.2. The van der Waals surface area contributed by atoms with E-state index in [2.05, 4.69) is 15.0 Å². The van der Waals surface area contributed by atoms with E-state index in [-0.39, 0.29) is 11.2 Å². The number of hydrogen-bond acceptors (Lipinski definition) is 6. The first-order chi connectivity index (χ1) is 8.77. The fraction of sp³-hybridized carbons (Fsp3) is 0.100. The Labute approximate surface area is 109 Å². The Bertz CT molecular complexity index is 689. The van der Waals surface area contributed by atoms with Crippen LogP contribution in [-0.4, -0.2) is 34.2 Å². The van der Waals surface area contributed by atoms with Gasteiger partial charge in [0.1, 0.15) is 0 Å². The molecule has 0 fully saturated rings. The maximum Gasteiger partial charge on any atom is 0.271 e. The number of nitrogens with two attached hydrogens (primary N) is 1. The predicted molar refractivity (Wildman–Crippen MR) is 70.0 cm³/mol. The summed E-state index contributed by atoms with van der Waals surface area (Å²) in [6.45, 7) is 0. The number of aromatic amines is 1. The van der Waals surface area contributed by atoms with Crippen LogP contribution in [0.2, 0.25) is 0 Å². The Morgan fingerprint density at radius 3 is 2.47 bits per heavy atom. The van der Waals surface area contributed by atoms with Gasteiger partial charge in [0, 0.05) is 24.2 Å². The van der Waals surface area contributed by atoms with Crippen molar-refractivity contribution < 1.29 is 13.0 Å². The fourth-order valence-corrected chi connectivity index (χ4v) is 1.10. The second-order valence-electron chi connectivity index (χ2n) is 3.50. The topological polar surface area (TPSA) is 139 Å². The average molecular weight is 284 g/mol. The summed E-state index contributed by atoms with van der Waals surface area (Å²) in [5.74, 6) is 0. The molecule has 102 valence electrons. The van der Waals surface area contributed by atoms with Gasteiger partial charge in [-0.3, -0.25) is 19.3 Å². The number of pyridine rings is 1. The standard InChI is InChI=1S/C9H8N4O.CH4O3S/c10-7-3-6(4-13-9(7)14)8-5-11-1-2-12-8;1-5(2,3)4/h1-5H,10H2,(H,13,14);1H3,(H,2,3,4). The zero-order valence-electron chi connectivity index (χ0n) is 9.94. The first kappa shape index (κ1) is 14.8. The van der Waals surface area contributed by atoms with Gasteiger partial charge in [-0.2, -0.15) is 8.42 Å². The molecule has 0 atom stereocenters. The summed E-state index contributed by atoms with van der Waals surface area (Å²) in [5, 5.41) is 0. The third-order valence-electron chi connectivity index (χ3n) is 1.79. The molecule has 4 N–H and O–H groups in total. The Morgan fingerprint density at radius 1 is 1.37 bits per heavy atom. The molecule has 2 rings (SSSR count). The summed E-state index contributed by atoms with van der Waals surface area (Å²) >= 11 is 0. The lowest BCUT2D eigenvalue weighted by Gasteiger charge is -1.99. The Hall–Kier alpha value is -2.26. The van der Waals surface area contributed by atoms with Crippen LogP contribution < -0.4 is 11.3 Å². The molecular weight excluding hydrogens is 272 g/mol. The van der Waals surface area contributed by atoms with Gasteiger partial charge < -0.3 is 10.7 Å². The Morgan fingerprint density at radius 2 is 2.00 bits per heavy atom. The van der Waals surface area contributed by atoms with Gasteiger partial charge >= 0.3 is 0 Å². The molecule has 0 radical (unpaired) electrons. The highest BCUT2D eigenvalue weighted by molar-refractivity contribution is 7.85. The van der Waals surface area contributed by atoms with Crippen LogP contribution in [0.3, 0.4) is 0 Å². The van der Waals surface area contributed by atoms with Crippen LogP contribution in [-0.2, 0) is 10.1 Å². The van der Waals surface area contributed by atoms with Crippen LogP contribution in [0.25, 0.3) is 11.3 Å². The van der Waals surface area contributed by atoms with Gasteiger partial charge in [0.05, 0.1) is 23.8 Å². The van der Waals surface area contributed by atoms with Gasteiger partial charge in [-0.25, -0.2) is 0 Å². The molecule has 2 aromatic rings. The molecule has 0 spiro atoms. The molecule has 0 saturated heterocycles. The SMILES string of the molecule is CS(=O)(=O)O.Nc1cc(-c2cnccn2)c[nH]c1=O. The summed E-state index contributed by atoms with van der Waals surface area (Å²) in [5.41, 5.74) is 6.77. The van der Waals surface area contributed by atoms with E-state index in [0.717, 1.165) is 5.56 Å². The number of H-pyrrole nitrogens is 1. The summed E-state index contributed by atoms with van der Waals surface area (Å²) in [6.07, 6.45) is 7.04. The van der Waals surface area contributed by atoms with Crippen molar-refractivity contribution in [3.05, 3.63) is 41.2 Å². The van der Waals surface area contributed by atoms with Crippen LogP contribution in [0.5, 0.6) is 0 Å². The molecule has 19 heavy (non-hydrogen) atoms. The minimum Gasteiger partial charge on any atom is -0.394 e. The number of rotatable bonds is 1. The van der Waals surface area contributed by atoms with Gasteiger partial charge in [-0.05, 0) is 6.07 Å². The van der Waals surface area contributed by atoms with Gasteiger partial charge in [0.15, 0.2) is 0 Å². The lowest BCUT2D eigenvalue weighted by Crippen LogP contribution is -2.10. The molecule has 0 bridgehead atoms. The zero-order valence-corrected chi connectivity index (χ0v) is 10.8. The third kappa shape index (κ3) is 5.75. The average Bonchev–Trinajstić information content (AvgIpc) is 2.32. The second kappa shape index (κ2) is 6.07. The van der Waals surface area contributed by atoms with Crippen molar-refractivity contribution >= 4 is 15.8 Å². The van der Waals surface area contributed by atoms with E-state index < -0.39 is 10.1 Å². The van der Waals surface area contributed by atoms with E-state index >= 15 is 0 Å². The van der Waals surface area contributed by atoms with Gasteiger partial charge in [0.2, 0.25) is 0 Å². The summed E-state index contributed by atoms with van der Waals surface area (Å²) in [7, 11) is -3.67. The molecule has 0 aromatic carbocycles. The minimum atomic E-state index is -3.67. The van der Waals surface area contributed by atoms with E-state index in [9.17, 15) is 13.2 Å². The number of nitrogen functional groups attached to an aromatic ring is 1. The quantitative estimate of drug-likeness (QED) is 0.622. The van der Waals surface area contributed by atoms with E-state index in [0.29, 0.717) is 11.9 Å². The van der Waals surface area contributed by atoms with Crippen molar-refractivity contribution in [1.29, 1.82) is 0 Å². The number of hydrogen-bond donors (Lipinski definition) is 3. The Balaban J connectivity index is 0.000000312. The van der Waals surface area contributed by atoms with Crippen molar-refractivity contribution in [2.45, 2.75) is 0 Å². The maximum absolute atomic E-state index is 11.0. The molecule has 2 heterocycles. The summed E-state index contributed by atoms with van der Waals surface area (Å²) in [4.78, 5) is 21.5. The molecular formula is C10H12N4O4S. The zero-order chi connectivity index (χ0) is 14.5. The summed E-state index contributed by atoms with van der Waals surface area (Å²) in [6, 6.07) is 1.57. The van der Waals surface area contributed by atoms with E-state index in [1.165, 1.54) is 0 Å². The molecule has 8 nitrogen and oxygen atoms in total. The normalized spacial score (nSPS) is 10.4. The first-order valence-corrected chi connectivity index (χ1v) is 6.79. The van der Waals surface area contributed by atoms with E-state index in [4.69, 9.17) is 10.3 Å². The van der Waals surface area contributed by atoms with Crippen molar-refractivity contribution in [2.24, 2.45) is 0 Å². The van der Waals surface area contributed by atoms with Crippen molar-refractivity contribution in [3.8, 4) is 11.3 Å². The predicted octanol–water partition coefficient (Wildman–Crippen LogP) is -0.0819.